The van der Waals surface area contributed by atoms with Crippen molar-refractivity contribution in [3.8, 4) is 11.5 Å². The predicted molar refractivity (Wildman–Crippen MR) is 90.7 cm³/mol. The SMILES string of the molecule is COCCCNS(=O)(=O)c1cc(-c2[nH]ncc2C(=O)N(C)C)oc1C. The number of aromatic amines is 1. The van der Waals surface area contributed by atoms with E-state index >= 15 is 0 Å². The monoisotopic (exact) mass is 370 g/mol. The molecule has 0 spiro atoms. The van der Waals surface area contributed by atoms with E-state index < -0.39 is 10.0 Å². The number of aromatic nitrogens is 2. The number of hydrogen-bond donors (Lipinski definition) is 2. The minimum atomic E-state index is -3.72. The van der Waals surface area contributed by atoms with Gasteiger partial charge in [0.15, 0.2) is 5.76 Å². The molecule has 10 heteroatoms. The summed E-state index contributed by atoms with van der Waals surface area (Å²) in [6.45, 7) is 2.27. The highest BCUT2D eigenvalue weighted by molar-refractivity contribution is 7.89. The van der Waals surface area contributed by atoms with Crippen LogP contribution in [0.4, 0.5) is 0 Å². The van der Waals surface area contributed by atoms with Gasteiger partial charge in [-0.1, -0.05) is 0 Å². The Kier molecular flexibility index (Phi) is 5.98. The van der Waals surface area contributed by atoms with Crippen LogP contribution in [0.3, 0.4) is 0 Å². The van der Waals surface area contributed by atoms with Crippen molar-refractivity contribution in [2.24, 2.45) is 0 Å². The topological polar surface area (TPSA) is 118 Å². The maximum Gasteiger partial charge on any atom is 0.257 e. The molecule has 0 unspecified atom stereocenters. The lowest BCUT2D eigenvalue weighted by atomic mass is 10.2. The third-order valence-electron chi connectivity index (χ3n) is 3.50. The number of nitrogens with one attached hydrogen (secondary N) is 2. The summed E-state index contributed by atoms with van der Waals surface area (Å²) in [5.41, 5.74) is 0.637. The molecule has 2 heterocycles. The molecular weight excluding hydrogens is 348 g/mol. The molecule has 0 aliphatic heterocycles. The van der Waals surface area contributed by atoms with Gasteiger partial charge in [-0.2, -0.15) is 5.10 Å². The molecule has 0 aliphatic rings. The van der Waals surface area contributed by atoms with Crippen LogP contribution < -0.4 is 4.72 Å². The van der Waals surface area contributed by atoms with E-state index in [9.17, 15) is 13.2 Å². The second-order valence-corrected chi connectivity index (χ2v) is 7.37. The van der Waals surface area contributed by atoms with E-state index in [4.69, 9.17) is 9.15 Å². The number of methoxy groups -OCH3 is 1. The number of hydrogen-bond acceptors (Lipinski definition) is 6. The first-order chi connectivity index (χ1) is 11.8. The molecule has 9 nitrogen and oxygen atoms in total. The Morgan fingerprint density at radius 2 is 2.16 bits per heavy atom. The third kappa shape index (κ3) is 4.27. The number of carbonyl (C=O) groups is 1. The Hall–Kier alpha value is -2.17. The molecule has 0 aliphatic carbocycles. The summed E-state index contributed by atoms with van der Waals surface area (Å²) in [5.74, 6) is 0.199. The van der Waals surface area contributed by atoms with E-state index in [2.05, 4.69) is 14.9 Å². The molecule has 2 N–H and O–H groups in total. The number of nitrogens with zero attached hydrogens (tertiary/aromatic N) is 2. The predicted octanol–water partition coefficient (Wildman–Crippen LogP) is 0.995. The first-order valence-corrected chi connectivity index (χ1v) is 9.10. The van der Waals surface area contributed by atoms with Crippen molar-refractivity contribution in [3.63, 3.8) is 0 Å². The normalized spacial score (nSPS) is 11.7. The maximum atomic E-state index is 12.4. The van der Waals surface area contributed by atoms with Crippen molar-refractivity contribution >= 4 is 15.9 Å². The van der Waals surface area contributed by atoms with Crippen LogP contribution in [0.5, 0.6) is 0 Å². The van der Waals surface area contributed by atoms with Gasteiger partial charge in [0.2, 0.25) is 10.0 Å². The van der Waals surface area contributed by atoms with Crippen LogP contribution in [0, 0.1) is 6.92 Å². The van der Waals surface area contributed by atoms with Crippen molar-refractivity contribution in [2.75, 3.05) is 34.4 Å². The lowest BCUT2D eigenvalue weighted by Crippen LogP contribution is -2.25. The second kappa shape index (κ2) is 7.81. The molecule has 1 amide bonds. The largest absolute Gasteiger partial charge is 0.458 e. The molecule has 2 aromatic heterocycles. The zero-order valence-corrected chi connectivity index (χ0v) is 15.4. The Labute approximate surface area is 146 Å². The van der Waals surface area contributed by atoms with Crippen molar-refractivity contribution < 1.29 is 22.4 Å². The second-order valence-electron chi connectivity index (χ2n) is 5.63. The van der Waals surface area contributed by atoms with Gasteiger partial charge in [-0.3, -0.25) is 9.89 Å². The zero-order valence-electron chi connectivity index (χ0n) is 14.6. The summed E-state index contributed by atoms with van der Waals surface area (Å²) in [6.07, 6.45) is 1.94. The number of H-pyrrole nitrogens is 1. The summed E-state index contributed by atoms with van der Waals surface area (Å²) < 4.78 is 37.8. The molecule has 25 heavy (non-hydrogen) atoms. The van der Waals surface area contributed by atoms with Gasteiger partial charge in [-0.25, -0.2) is 13.1 Å². The molecule has 0 saturated carbocycles. The molecule has 0 bridgehead atoms. The van der Waals surface area contributed by atoms with E-state index in [0.29, 0.717) is 24.3 Å². The molecule has 138 valence electrons. The van der Waals surface area contributed by atoms with Gasteiger partial charge in [0.05, 0.1) is 11.8 Å². The van der Waals surface area contributed by atoms with Crippen molar-refractivity contribution in [1.29, 1.82) is 0 Å². The minimum absolute atomic E-state index is 0.0257. The van der Waals surface area contributed by atoms with Gasteiger partial charge in [0.1, 0.15) is 16.3 Å². The fourth-order valence-electron chi connectivity index (χ4n) is 2.23. The van der Waals surface area contributed by atoms with Crippen LogP contribution in [-0.4, -0.2) is 63.8 Å². The minimum Gasteiger partial charge on any atom is -0.458 e. The molecule has 0 aromatic carbocycles. The molecule has 0 fully saturated rings. The maximum absolute atomic E-state index is 12.4. The molecule has 0 radical (unpaired) electrons. The fraction of sp³-hybridized carbons (Fsp3) is 0.467. The lowest BCUT2D eigenvalue weighted by Gasteiger charge is -2.08. The van der Waals surface area contributed by atoms with Crippen LogP contribution >= 0.6 is 0 Å². The molecule has 2 rings (SSSR count). The van der Waals surface area contributed by atoms with E-state index in [0.717, 1.165) is 0 Å². The zero-order chi connectivity index (χ0) is 18.6. The molecular formula is C15H22N4O5S. The summed E-state index contributed by atoms with van der Waals surface area (Å²) in [4.78, 5) is 13.6. The first-order valence-electron chi connectivity index (χ1n) is 7.62. The quantitative estimate of drug-likeness (QED) is 0.669. The number of aryl methyl sites for hydroxylation is 1. The Bertz CT molecular complexity index is 838. The van der Waals surface area contributed by atoms with Gasteiger partial charge < -0.3 is 14.1 Å². The van der Waals surface area contributed by atoms with E-state index in [1.165, 1.54) is 17.2 Å². The highest BCUT2D eigenvalue weighted by atomic mass is 32.2. The number of furan rings is 1. The van der Waals surface area contributed by atoms with Gasteiger partial charge >= 0.3 is 0 Å². The van der Waals surface area contributed by atoms with Gasteiger partial charge in [0.25, 0.3) is 5.91 Å². The number of sulfonamides is 1. The number of carbonyl (C=O) groups excluding carboxylic acids is 1. The summed E-state index contributed by atoms with van der Waals surface area (Å²) in [5, 5.41) is 6.55. The Balaban J connectivity index is 2.29. The van der Waals surface area contributed by atoms with Crippen LogP contribution in [0.1, 0.15) is 22.5 Å². The number of rotatable bonds is 8. The number of amides is 1. The van der Waals surface area contributed by atoms with Gasteiger partial charge in [-0.05, 0) is 13.3 Å². The molecule has 2 aromatic rings. The van der Waals surface area contributed by atoms with Gasteiger partial charge in [0, 0.05) is 40.4 Å². The van der Waals surface area contributed by atoms with Gasteiger partial charge in [-0.15, -0.1) is 0 Å². The fourth-order valence-corrected chi connectivity index (χ4v) is 3.48. The summed E-state index contributed by atoms with van der Waals surface area (Å²) in [7, 11) is 1.07. The summed E-state index contributed by atoms with van der Waals surface area (Å²) in [6, 6.07) is 1.38. The van der Waals surface area contributed by atoms with Crippen LogP contribution in [0.2, 0.25) is 0 Å². The lowest BCUT2D eigenvalue weighted by molar-refractivity contribution is 0.0828. The number of ether oxygens (including phenoxy) is 1. The Morgan fingerprint density at radius 1 is 1.44 bits per heavy atom. The smallest absolute Gasteiger partial charge is 0.257 e. The molecule has 0 saturated heterocycles. The highest BCUT2D eigenvalue weighted by Gasteiger charge is 2.25. The molecule has 0 atom stereocenters. The third-order valence-corrected chi connectivity index (χ3v) is 5.07. The average Bonchev–Trinajstić information content (AvgIpc) is 3.17. The average molecular weight is 370 g/mol. The van der Waals surface area contributed by atoms with Crippen LogP contribution in [-0.2, 0) is 14.8 Å². The van der Waals surface area contributed by atoms with E-state index in [-0.39, 0.29) is 28.9 Å². The standard InChI is InChI=1S/C15H22N4O5S/c1-10-13(25(21,22)17-6-5-7-23-4)8-12(24-10)14-11(9-16-18-14)15(20)19(2)3/h8-9,17H,5-7H2,1-4H3,(H,16,18). The van der Waals surface area contributed by atoms with E-state index in [1.54, 1.807) is 28.1 Å². The Morgan fingerprint density at radius 3 is 2.80 bits per heavy atom. The summed E-state index contributed by atoms with van der Waals surface area (Å²) >= 11 is 0. The van der Waals surface area contributed by atoms with Crippen LogP contribution in [0.15, 0.2) is 21.6 Å². The van der Waals surface area contributed by atoms with E-state index in [1.807, 2.05) is 0 Å². The van der Waals surface area contributed by atoms with Crippen molar-refractivity contribution in [3.05, 3.63) is 23.6 Å². The van der Waals surface area contributed by atoms with Crippen LogP contribution in [0.25, 0.3) is 11.5 Å². The highest BCUT2D eigenvalue weighted by Crippen LogP contribution is 2.29. The first kappa shape index (κ1) is 19.2. The van der Waals surface area contributed by atoms with Crippen molar-refractivity contribution in [2.45, 2.75) is 18.2 Å². The van der Waals surface area contributed by atoms with Crippen molar-refractivity contribution in [1.82, 2.24) is 19.8 Å².